The van der Waals surface area contributed by atoms with Crippen molar-refractivity contribution >= 4 is 45.3 Å². The molecule has 0 aliphatic carbocycles. The molecule has 1 atom stereocenters. The van der Waals surface area contributed by atoms with E-state index in [1.165, 1.54) is 12.3 Å². The van der Waals surface area contributed by atoms with E-state index in [0.717, 1.165) is 40.3 Å². The molecule has 1 N–H and O–H groups in total. The second kappa shape index (κ2) is 10.1. The Balaban J connectivity index is 1.33. The van der Waals surface area contributed by atoms with Gasteiger partial charge in [-0.3, -0.25) is 9.99 Å². The molecular weight excluding hydrogens is 521 g/mol. The lowest BCUT2D eigenvalue weighted by Crippen LogP contribution is -2.18. The van der Waals surface area contributed by atoms with Crippen LogP contribution in [0.3, 0.4) is 0 Å². The maximum absolute atomic E-state index is 13.2. The molecule has 5 aromatic rings. The van der Waals surface area contributed by atoms with E-state index in [9.17, 15) is 13.2 Å². The molecule has 0 saturated heterocycles. The van der Waals surface area contributed by atoms with Crippen molar-refractivity contribution in [1.29, 1.82) is 0 Å². The summed E-state index contributed by atoms with van der Waals surface area (Å²) in [6, 6.07) is 31.0. The summed E-state index contributed by atoms with van der Waals surface area (Å²) in [4.78, 5) is 4.15. The van der Waals surface area contributed by atoms with Crippen LogP contribution in [0.2, 0.25) is 5.02 Å². The highest BCUT2D eigenvalue weighted by molar-refractivity contribution is 6.30. The van der Waals surface area contributed by atoms with Crippen LogP contribution in [0, 0.1) is 0 Å². The van der Waals surface area contributed by atoms with Gasteiger partial charge in [-0.05, 0) is 65.7 Å². The Kier molecular flexibility index (Phi) is 6.45. The van der Waals surface area contributed by atoms with Gasteiger partial charge in [-0.25, -0.2) is 0 Å². The van der Waals surface area contributed by atoms with Gasteiger partial charge in [0, 0.05) is 34.4 Å². The molecule has 1 aliphatic heterocycles. The van der Waals surface area contributed by atoms with E-state index < -0.39 is 11.7 Å². The Morgan fingerprint density at radius 1 is 0.846 bits per heavy atom. The van der Waals surface area contributed by atoms with Crippen molar-refractivity contribution in [2.24, 2.45) is 5.10 Å². The minimum Gasteiger partial charge on any atom is -0.355 e. The molecule has 0 radical (unpaired) electrons. The van der Waals surface area contributed by atoms with E-state index in [2.05, 4.69) is 28.5 Å². The van der Waals surface area contributed by atoms with E-state index in [4.69, 9.17) is 16.7 Å². The fourth-order valence-electron chi connectivity index (χ4n) is 4.82. The normalized spacial score (nSPS) is 15.4. The van der Waals surface area contributed by atoms with E-state index in [-0.39, 0.29) is 11.6 Å². The standard InChI is InChI=1S/C31H22ClF3N4/c32-23-10-12-25(13-11-23)39-30(19-28(38-39)20-5-2-1-3-6-20)21-7-4-8-24(17-21)37-27-15-16-36-29-18-22(31(33,34)35)9-14-26(27)29/h1-18,30H,19H2,(H,36,37). The third-order valence-electron chi connectivity index (χ3n) is 6.73. The monoisotopic (exact) mass is 542 g/mol. The topological polar surface area (TPSA) is 40.5 Å². The fourth-order valence-corrected chi connectivity index (χ4v) is 4.95. The number of halogens is 4. The molecule has 1 aromatic heterocycles. The fraction of sp³-hybridized carbons (Fsp3) is 0.0968. The van der Waals surface area contributed by atoms with Gasteiger partial charge in [-0.1, -0.05) is 60.1 Å². The zero-order valence-electron chi connectivity index (χ0n) is 20.5. The van der Waals surface area contributed by atoms with Gasteiger partial charge in [0.25, 0.3) is 0 Å². The third kappa shape index (κ3) is 5.18. The van der Waals surface area contributed by atoms with Gasteiger partial charge in [-0.15, -0.1) is 0 Å². The van der Waals surface area contributed by atoms with Gasteiger partial charge in [0.1, 0.15) is 0 Å². The van der Waals surface area contributed by atoms with Crippen LogP contribution in [0.5, 0.6) is 0 Å². The van der Waals surface area contributed by atoms with E-state index in [1.54, 1.807) is 6.07 Å². The molecule has 4 aromatic carbocycles. The van der Waals surface area contributed by atoms with Crippen molar-refractivity contribution in [2.45, 2.75) is 18.6 Å². The molecule has 6 rings (SSSR count). The minimum atomic E-state index is -4.43. The number of nitrogens with one attached hydrogen (secondary N) is 1. The number of fused-ring (bicyclic) bond motifs is 1. The van der Waals surface area contributed by atoms with Crippen LogP contribution in [0.25, 0.3) is 10.9 Å². The molecule has 1 aliphatic rings. The van der Waals surface area contributed by atoms with Gasteiger partial charge in [-0.2, -0.15) is 18.3 Å². The van der Waals surface area contributed by atoms with E-state index in [1.807, 2.05) is 65.7 Å². The summed E-state index contributed by atoms with van der Waals surface area (Å²) >= 11 is 6.14. The summed E-state index contributed by atoms with van der Waals surface area (Å²) in [5, 5.41) is 11.6. The lowest BCUT2D eigenvalue weighted by atomic mass is 9.97. The average Bonchev–Trinajstić information content (AvgIpc) is 3.39. The molecule has 4 nitrogen and oxygen atoms in total. The largest absolute Gasteiger partial charge is 0.416 e. The molecule has 0 bridgehead atoms. The number of rotatable bonds is 5. The summed E-state index contributed by atoms with van der Waals surface area (Å²) in [6.07, 6.45) is -2.21. The van der Waals surface area contributed by atoms with Gasteiger partial charge in [0.05, 0.1) is 28.5 Å². The molecular formula is C31H22ClF3N4. The number of anilines is 3. The Bertz CT molecular complexity index is 1670. The molecule has 8 heteroatoms. The van der Waals surface area contributed by atoms with Crippen LogP contribution in [-0.2, 0) is 6.18 Å². The zero-order valence-corrected chi connectivity index (χ0v) is 21.3. The summed E-state index contributed by atoms with van der Waals surface area (Å²) in [5.41, 5.74) is 5.05. The molecule has 1 unspecified atom stereocenters. The highest BCUT2D eigenvalue weighted by atomic mass is 35.5. The maximum Gasteiger partial charge on any atom is 0.416 e. The maximum atomic E-state index is 13.2. The first-order valence-electron chi connectivity index (χ1n) is 12.4. The highest BCUT2D eigenvalue weighted by Crippen LogP contribution is 2.39. The average molecular weight is 543 g/mol. The Hall–Kier alpha value is -4.36. The van der Waals surface area contributed by atoms with Crippen molar-refractivity contribution in [3.8, 4) is 0 Å². The van der Waals surface area contributed by atoms with Crippen LogP contribution < -0.4 is 10.3 Å². The van der Waals surface area contributed by atoms with Gasteiger partial charge < -0.3 is 5.32 Å². The first-order chi connectivity index (χ1) is 18.8. The van der Waals surface area contributed by atoms with Crippen molar-refractivity contribution in [2.75, 3.05) is 10.3 Å². The summed E-state index contributed by atoms with van der Waals surface area (Å²) in [7, 11) is 0. The number of alkyl halides is 3. The number of nitrogens with zero attached hydrogens (tertiary/aromatic N) is 3. The van der Waals surface area contributed by atoms with Crippen molar-refractivity contribution in [3.05, 3.63) is 131 Å². The molecule has 0 spiro atoms. The predicted octanol–water partition coefficient (Wildman–Crippen LogP) is 9.01. The molecule has 2 heterocycles. The van der Waals surface area contributed by atoms with Gasteiger partial charge in [0.2, 0.25) is 0 Å². The number of pyridine rings is 1. The van der Waals surface area contributed by atoms with Crippen LogP contribution in [0.1, 0.15) is 29.2 Å². The highest BCUT2D eigenvalue weighted by Gasteiger charge is 2.31. The van der Waals surface area contributed by atoms with Crippen LogP contribution in [-0.4, -0.2) is 10.7 Å². The molecule has 0 fully saturated rings. The predicted molar refractivity (Wildman–Crippen MR) is 151 cm³/mol. The van der Waals surface area contributed by atoms with Crippen LogP contribution in [0.15, 0.2) is 114 Å². The quantitative estimate of drug-likeness (QED) is 0.241. The third-order valence-corrected chi connectivity index (χ3v) is 6.98. The molecule has 194 valence electrons. The number of aromatic nitrogens is 1. The van der Waals surface area contributed by atoms with E-state index in [0.29, 0.717) is 22.5 Å². The second-order valence-electron chi connectivity index (χ2n) is 9.29. The lowest BCUT2D eigenvalue weighted by Gasteiger charge is -2.24. The Morgan fingerprint density at radius 2 is 1.64 bits per heavy atom. The van der Waals surface area contributed by atoms with Crippen molar-refractivity contribution < 1.29 is 13.2 Å². The Labute approximate surface area is 228 Å². The Morgan fingerprint density at radius 3 is 2.41 bits per heavy atom. The number of hydrogen-bond donors (Lipinski definition) is 1. The molecule has 0 saturated carbocycles. The smallest absolute Gasteiger partial charge is 0.355 e. The summed E-state index contributed by atoms with van der Waals surface area (Å²) in [6.45, 7) is 0. The number of benzene rings is 4. The molecule has 39 heavy (non-hydrogen) atoms. The minimum absolute atomic E-state index is 0.0633. The van der Waals surface area contributed by atoms with Crippen molar-refractivity contribution in [3.63, 3.8) is 0 Å². The van der Waals surface area contributed by atoms with Gasteiger partial charge >= 0.3 is 6.18 Å². The van der Waals surface area contributed by atoms with Crippen LogP contribution >= 0.6 is 11.6 Å². The summed E-state index contributed by atoms with van der Waals surface area (Å²) < 4.78 is 39.6. The lowest BCUT2D eigenvalue weighted by molar-refractivity contribution is -0.137. The van der Waals surface area contributed by atoms with Gasteiger partial charge in [0.15, 0.2) is 0 Å². The molecule has 0 amide bonds. The number of hydrogen-bond acceptors (Lipinski definition) is 4. The summed E-state index contributed by atoms with van der Waals surface area (Å²) in [5.74, 6) is 0. The zero-order chi connectivity index (χ0) is 27.0. The first kappa shape index (κ1) is 24.9. The SMILES string of the molecule is FC(F)(F)c1ccc2c(Nc3cccc(C4CC(c5ccccc5)=NN4c4ccc(Cl)cc4)c3)ccnc2c1. The van der Waals surface area contributed by atoms with Crippen molar-refractivity contribution in [1.82, 2.24) is 4.98 Å². The van der Waals surface area contributed by atoms with E-state index >= 15 is 0 Å². The number of hydrazone groups is 1. The first-order valence-corrected chi connectivity index (χ1v) is 12.7. The van der Waals surface area contributed by atoms with Crippen LogP contribution in [0.4, 0.5) is 30.2 Å². The second-order valence-corrected chi connectivity index (χ2v) is 9.73.